The molecule has 2 N–H and O–H groups in total. The van der Waals surface area contributed by atoms with Gasteiger partial charge in [0.2, 0.25) is 0 Å². The van der Waals surface area contributed by atoms with Gasteiger partial charge >= 0.3 is 6.18 Å². The Morgan fingerprint density at radius 1 is 1.24 bits per heavy atom. The first-order valence-electron chi connectivity index (χ1n) is 4.45. The maximum Gasteiger partial charge on any atom is 0.416 e. The van der Waals surface area contributed by atoms with Crippen LogP contribution >= 0.6 is 27.3 Å². The van der Waals surface area contributed by atoms with E-state index in [1.165, 1.54) is 11.3 Å². The first kappa shape index (κ1) is 12.4. The van der Waals surface area contributed by atoms with E-state index in [0.29, 0.717) is 10.0 Å². The van der Waals surface area contributed by atoms with Crippen LogP contribution in [0.2, 0.25) is 0 Å². The minimum Gasteiger partial charge on any atom is -0.384 e. The van der Waals surface area contributed by atoms with Crippen LogP contribution in [0.3, 0.4) is 0 Å². The SMILES string of the molecule is Nc1cc(C(F)(F)F)cc(-c2cscc2Br)n1. The summed E-state index contributed by atoms with van der Waals surface area (Å²) in [6.07, 6.45) is -4.42. The van der Waals surface area contributed by atoms with Crippen molar-refractivity contribution in [3.05, 3.63) is 32.9 Å². The largest absolute Gasteiger partial charge is 0.416 e. The molecule has 7 heteroatoms. The highest BCUT2D eigenvalue weighted by Crippen LogP contribution is 2.35. The van der Waals surface area contributed by atoms with Crippen molar-refractivity contribution in [3.8, 4) is 11.3 Å². The predicted molar refractivity (Wildman–Crippen MR) is 64.7 cm³/mol. The van der Waals surface area contributed by atoms with Gasteiger partial charge in [0.1, 0.15) is 5.82 Å². The molecule has 0 aromatic carbocycles. The number of thiophene rings is 1. The lowest BCUT2D eigenvalue weighted by Gasteiger charge is -2.09. The van der Waals surface area contributed by atoms with Gasteiger partial charge in [-0.2, -0.15) is 24.5 Å². The van der Waals surface area contributed by atoms with Crippen molar-refractivity contribution in [1.82, 2.24) is 4.98 Å². The van der Waals surface area contributed by atoms with E-state index in [1.54, 1.807) is 10.8 Å². The average Bonchev–Trinajstić information content (AvgIpc) is 2.62. The van der Waals surface area contributed by atoms with E-state index < -0.39 is 11.7 Å². The van der Waals surface area contributed by atoms with E-state index in [-0.39, 0.29) is 11.5 Å². The van der Waals surface area contributed by atoms with Gasteiger partial charge in [0.25, 0.3) is 0 Å². The average molecular weight is 323 g/mol. The van der Waals surface area contributed by atoms with Crippen molar-refractivity contribution in [2.24, 2.45) is 0 Å². The van der Waals surface area contributed by atoms with Crippen molar-refractivity contribution in [1.29, 1.82) is 0 Å². The Morgan fingerprint density at radius 2 is 1.94 bits per heavy atom. The molecular formula is C10H6BrF3N2S. The number of anilines is 1. The summed E-state index contributed by atoms with van der Waals surface area (Å²) in [4.78, 5) is 3.91. The Balaban J connectivity index is 2.57. The van der Waals surface area contributed by atoms with Gasteiger partial charge in [0.05, 0.1) is 11.3 Å². The standard InChI is InChI=1S/C10H6BrF3N2S/c11-7-4-17-3-6(7)8-1-5(10(12,13)14)2-9(15)16-8/h1-4H,(H2,15,16). The molecule has 17 heavy (non-hydrogen) atoms. The third kappa shape index (κ3) is 2.61. The monoisotopic (exact) mass is 322 g/mol. The zero-order valence-corrected chi connectivity index (χ0v) is 10.7. The Bertz CT molecular complexity index is 551. The van der Waals surface area contributed by atoms with Gasteiger partial charge in [-0.3, -0.25) is 0 Å². The van der Waals surface area contributed by atoms with E-state index in [2.05, 4.69) is 20.9 Å². The van der Waals surface area contributed by atoms with Crippen LogP contribution in [-0.4, -0.2) is 4.98 Å². The van der Waals surface area contributed by atoms with E-state index in [4.69, 9.17) is 5.73 Å². The number of alkyl halides is 3. The van der Waals surface area contributed by atoms with Crippen LogP contribution in [0.25, 0.3) is 11.3 Å². The molecule has 0 unspecified atom stereocenters. The summed E-state index contributed by atoms with van der Waals surface area (Å²) in [6, 6.07) is 1.81. The summed E-state index contributed by atoms with van der Waals surface area (Å²) in [5, 5.41) is 3.49. The maximum absolute atomic E-state index is 12.6. The Labute approximate surface area is 107 Å². The Hall–Kier alpha value is -1.08. The number of hydrogen-bond donors (Lipinski definition) is 1. The molecule has 0 aliphatic rings. The minimum atomic E-state index is -4.42. The number of rotatable bonds is 1. The molecule has 90 valence electrons. The molecule has 0 radical (unpaired) electrons. The van der Waals surface area contributed by atoms with E-state index >= 15 is 0 Å². The van der Waals surface area contributed by atoms with E-state index in [1.807, 2.05) is 0 Å². The molecule has 0 spiro atoms. The molecule has 0 bridgehead atoms. The number of hydrogen-bond acceptors (Lipinski definition) is 3. The lowest BCUT2D eigenvalue weighted by molar-refractivity contribution is -0.137. The van der Waals surface area contributed by atoms with Crippen molar-refractivity contribution in [2.45, 2.75) is 6.18 Å². The molecule has 0 aliphatic carbocycles. The van der Waals surface area contributed by atoms with E-state index in [9.17, 15) is 13.2 Å². The van der Waals surface area contributed by atoms with Gasteiger partial charge in [0, 0.05) is 20.8 Å². The van der Waals surface area contributed by atoms with Crippen LogP contribution in [0.4, 0.5) is 19.0 Å². The topological polar surface area (TPSA) is 38.9 Å². The summed E-state index contributed by atoms with van der Waals surface area (Å²) in [6.45, 7) is 0. The smallest absolute Gasteiger partial charge is 0.384 e. The van der Waals surface area contributed by atoms with Crippen molar-refractivity contribution >= 4 is 33.1 Å². The van der Waals surface area contributed by atoms with Gasteiger partial charge < -0.3 is 5.73 Å². The molecule has 2 rings (SSSR count). The van der Waals surface area contributed by atoms with E-state index in [0.717, 1.165) is 12.1 Å². The minimum absolute atomic E-state index is 0.145. The highest BCUT2D eigenvalue weighted by Gasteiger charge is 2.31. The van der Waals surface area contributed by atoms with Crippen LogP contribution in [0, 0.1) is 0 Å². The molecule has 0 amide bonds. The molecule has 0 aliphatic heterocycles. The highest BCUT2D eigenvalue weighted by molar-refractivity contribution is 9.10. The van der Waals surface area contributed by atoms with Crippen LogP contribution in [0.5, 0.6) is 0 Å². The lowest BCUT2D eigenvalue weighted by atomic mass is 10.1. The zero-order valence-electron chi connectivity index (χ0n) is 8.25. The van der Waals surface area contributed by atoms with Crippen LogP contribution < -0.4 is 5.73 Å². The summed E-state index contributed by atoms with van der Waals surface area (Å²) in [5.41, 5.74) is 5.41. The first-order valence-corrected chi connectivity index (χ1v) is 6.18. The van der Waals surface area contributed by atoms with Crippen LogP contribution in [-0.2, 0) is 6.18 Å². The fourth-order valence-corrected chi connectivity index (χ4v) is 2.81. The second-order valence-electron chi connectivity index (χ2n) is 3.30. The number of pyridine rings is 1. The fourth-order valence-electron chi connectivity index (χ4n) is 1.32. The van der Waals surface area contributed by atoms with Crippen molar-refractivity contribution < 1.29 is 13.2 Å². The Kier molecular flexibility index (Phi) is 3.13. The normalized spacial score (nSPS) is 11.8. The first-order chi connectivity index (χ1) is 7.88. The predicted octanol–water partition coefficient (Wildman–Crippen LogP) is 4.17. The van der Waals surface area contributed by atoms with Crippen molar-refractivity contribution in [3.63, 3.8) is 0 Å². The molecule has 0 atom stereocenters. The molecular weight excluding hydrogens is 317 g/mol. The summed E-state index contributed by atoms with van der Waals surface area (Å²) >= 11 is 4.62. The third-order valence-corrected chi connectivity index (χ3v) is 3.77. The fraction of sp³-hybridized carbons (Fsp3) is 0.100. The summed E-state index contributed by atoms with van der Waals surface area (Å²) < 4.78 is 38.5. The van der Waals surface area contributed by atoms with Gasteiger partial charge in [-0.25, -0.2) is 4.98 Å². The number of nitrogens with zero attached hydrogens (tertiary/aromatic N) is 1. The molecule has 2 aromatic heterocycles. The zero-order chi connectivity index (χ0) is 12.6. The van der Waals surface area contributed by atoms with Gasteiger partial charge in [-0.1, -0.05) is 0 Å². The number of halogens is 4. The molecule has 2 heterocycles. The molecule has 0 saturated heterocycles. The highest BCUT2D eigenvalue weighted by atomic mass is 79.9. The van der Waals surface area contributed by atoms with Gasteiger partial charge in [-0.15, -0.1) is 0 Å². The lowest BCUT2D eigenvalue weighted by Crippen LogP contribution is -2.07. The van der Waals surface area contributed by atoms with Crippen molar-refractivity contribution in [2.75, 3.05) is 5.73 Å². The second-order valence-corrected chi connectivity index (χ2v) is 4.89. The van der Waals surface area contributed by atoms with Crippen LogP contribution in [0.1, 0.15) is 5.56 Å². The summed E-state index contributed by atoms with van der Waals surface area (Å²) in [7, 11) is 0. The molecule has 0 saturated carbocycles. The number of aromatic nitrogens is 1. The van der Waals surface area contributed by atoms with Gasteiger partial charge in [0.15, 0.2) is 0 Å². The molecule has 2 nitrogen and oxygen atoms in total. The third-order valence-electron chi connectivity index (χ3n) is 2.06. The van der Waals surface area contributed by atoms with Crippen LogP contribution in [0.15, 0.2) is 27.4 Å². The van der Waals surface area contributed by atoms with Gasteiger partial charge in [-0.05, 0) is 28.1 Å². The molecule has 0 fully saturated rings. The summed E-state index contributed by atoms with van der Waals surface area (Å²) in [5.74, 6) is -0.145. The Morgan fingerprint density at radius 3 is 2.47 bits per heavy atom. The number of nitrogen functional groups attached to an aromatic ring is 1. The molecule has 2 aromatic rings. The number of nitrogens with two attached hydrogens (primary N) is 1. The second kappa shape index (κ2) is 4.30. The maximum atomic E-state index is 12.6. The quantitative estimate of drug-likeness (QED) is 0.855.